The van der Waals surface area contributed by atoms with Crippen LogP contribution < -0.4 is 0 Å². The second-order valence-electron chi connectivity index (χ2n) is 3.64. The third-order valence-corrected chi connectivity index (χ3v) is 3.36. The van der Waals surface area contributed by atoms with Crippen LogP contribution in [0.2, 0.25) is 0 Å². The summed E-state index contributed by atoms with van der Waals surface area (Å²) in [5, 5.41) is 0.759. The van der Waals surface area contributed by atoms with Crippen molar-refractivity contribution in [3.63, 3.8) is 0 Å². The fourth-order valence-corrected chi connectivity index (χ4v) is 2.34. The first-order chi connectivity index (χ1) is 8.42. The first kappa shape index (κ1) is 10.4. The predicted octanol–water partition coefficient (Wildman–Crippen LogP) is 2.17. The van der Waals surface area contributed by atoms with Crippen molar-refractivity contribution in [3.05, 3.63) is 35.9 Å². The van der Waals surface area contributed by atoms with Crippen molar-refractivity contribution in [2.75, 3.05) is 0 Å². The predicted molar refractivity (Wildman–Crippen MR) is 73.4 cm³/mol. The molecule has 1 aromatic carbocycles. The molecule has 1 unspecified atom stereocenters. The first-order valence-electron chi connectivity index (χ1n) is 5.31. The Bertz CT molecular complexity index is 531. The van der Waals surface area contributed by atoms with Crippen LogP contribution in [0, 0.1) is 0 Å². The van der Waals surface area contributed by atoms with Crippen LogP contribution >= 0.6 is 11.8 Å². The van der Waals surface area contributed by atoms with E-state index in [1.54, 1.807) is 24.3 Å². The minimum absolute atomic E-state index is 0.0592. The smallest absolute Gasteiger partial charge is 0.189 e. The summed E-state index contributed by atoms with van der Waals surface area (Å²) in [7, 11) is 0. The van der Waals surface area contributed by atoms with Gasteiger partial charge in [0.15, 0.2) is 11.0 Å². The molecule has 1 atom stereocenters. The van der Waals surface area contributed by atoms with E-state index in [1.807, 2.05) is 18.2 Å². The molecule has 0 radical (unpaired) electrons. The van der Waals surface area contributed by atoms with Gasteiger partial charge in [0.25, 0.3) is 0 Å². The molecule has 3 rings (SSSR count). The van der Waals surface area contributed by atoms with E-state index in [2.05, 4.69) is 32.1 Å². The molecule has 0 fully saturated rings. The van der Waals surface area contributed by atoms with Crippen LogP contribution in [0.25, 0.3) is 0 Å². The maximum absolute atomic E-state index is 4.37. The number of hydrogen-bond donors (Lipinski definition) is 0. The Morgan fingerprint density at radius 1 is 1.18 bits per heavy atom. The average molecular weight is 242 g/mol. The molecule has 0 aromatic heterocycles. The molecule has 2 aliphatic heterocycles. The van der Waals surface area contributed by atoms with Gasteiger partial charge in [-0.05, 0) is 5.56 Å². The Labute approximate surface area is 103 Å². The summed E-state index contributed by atoms with van der Waals surface area (Å²) in [5.41, 5.74) is 1.27. The van der Waals surface area contributed by atoms with E-state index in [4.69, 9.17) is 0 Å². The van der Waals surface area contributed by atoms with E-state index in [-0.39, 0.29) is 6.04 Å². The van der Waals surface area contributed by atoms with Gasteiger partial charge in [-0.1, -0.05) is 42.1 Å². The highest BCUT2D eigenvalue weighted by Crippen LogP contribution is 2.18. The van der Waals surface area contributed by atoms with Gasteiger partial charge in [0.05, 0.1) is 0 Å². The lowest BCUT2D eigenvalue weighted by atomic mass is 10.2. The highest BCUT2D eigenvalue weighted by Gasteiger charge is 2.20. The Balaban J connectivity index is 1.66. The van der Waals surface area contributed by atoms with Gasteiger partial charge in [0, 0.05) is 12.0 Å². The summed E-state index contributed by atoms with van der Waals surface area (Å²) in [6.45, 7) is 0. The standard InChI is InChI=1S/C12H10N4S/c1-2-4-9(5-3-1)7-17-12-13-6-10-11(16-12)15-8-14-10/h1-6,8,10H,7H2. The summed E-state index contributed by atoms with van der Waals surface area (Å²) >= 11 is 1.62. The molecule has 0 N–H and O–H groups in total. The van der Waals surface area contributed by atoms with Crippen LogP contribution in [0.4, 0.5) is 0 Å². The van der Waals surface area contributed by atoms with E-state index in [9.17, 15) is 0 Å². The molecule has 0 saturated heterocycles. The third kappa shape index (κ3) is 2.34. The van der Waals surface area contributed by atoms with E-state index < -0.39 is 0 Å². The van der Waals surface area contributed by atoms with E-state index in [0.717, 1.165) is 16.8 Å². The van der Waals surface area contributed by atoms with Crippen LogP contribution in [0.1, 0.15) is 5.56 Å². The zero-order chi connectivity index (χ0) is 11.5. The second kappa shape index (κ2) is 4.63. The quantitative estimate of drug-likeness (QED) is 0.784. The molecule has 0 amide bonds. The zero-order valence-electron chi connectivity index (χ0n) is 9.02. The Morgan fingerprint density at radius 2 is 2.06 bits per heavy atom. The molecule has 2 aliphatic rings. The number of hydrogen-bond acceptors (Lipinski definition) is 5. The SMILES string of the molecule is C1=NC(SCc2ccccc2)=NC2=NC=NC12. The van der Waals surface area contributed by atoms with Gasteiger partial charge >= 0.3 is 0 Å². The molecule has 0 saturated carbocycles. The van der Waals surface area contributed by atoms with E-state index in [1.165, 1.54) is 5.56 Å². The van der Waals surface area contributed by atoms with Crippen LogP contribution in [0.5, 0.6) is 0 Å². The van der Waals surface area contributed by atoms with Gasteiger partial charge in [-0.15, -0.1) is 0 Å². The summed E-state index contributed by atoms with van der Waals surface area (Å²) in [5.74, 6) is 1.62. The molecule has 0 aliphatic carbocycles. The summed E-state index contributed by atoms with van der Waals surface area (Å²) in [4.78, 5) is 16.9. The molecule has 4 nitrogen and oxygen atoms in total. The number of rotatable bonds is 2. The largest absolute Gasteiger partial charge is 0.256 e. The molecule has 1 aromatic rings. The van der Waals surface area contributed by atoms with Crippen molar-refractivity contribution in [1.29, 1.82) is 0 Å². The lowest BCUT2D eigenvalue weighted by Gasteiger charge is -2.09. The highest BCUT2D eigenvalue weighted by molar-refractivity contribution is 8.13. The molecule has 17 heavy (non-hydrogen) atoms. The molecule has 5 heteroatoms. The van der Waals surface area contributed by atoms with Gasteiger partial charge in [-0.2, -0.15) is 0 Å². The summed E-state index contributed by atoms with van der Waals surface area (Å²) in [6.07, 6.45) is 3.34. The number of nitrogens with zero attached hydrogens (tertiary/aromatic N) is 4. The molecule has 0 spiro atoms. The minimum atomic E-state index is -0.0592. The maximum Gasteiger partial charge on any atom is 0.189 e. The normalized spacial score (nSPS) is 21.1. The van der Waals surface area contributed by atoms with Gasteiger partial charge in [0.2, 0.25) is 0 Å². The van der Waals surface area contributed by atoms with E-state index in [0.29, 0.717) is 0 Å². The Morgan fingerprint density at radius 3 is 2.94 bits per heavy atom. The highest BCUT2D eigenvalue weighted by atomic mass is 32.2. The van der Waals surface area contributed by atoms with Gasteiger partial charge in [-0.25, -0.2) is 15.0 Å². The number of aliphatic imine (C=N–C) groups is 4. The van der Waals surface area contributed by atoms with Crippen LogP contribution in [0.15, 0.2) is 50.3 Å². The molecule has 84 valence electrons. The van der Waals surface area contributed by atoms with Gasteiger partial charge in [0.1, 0.15) is 12.4 Å². The second-order valence-corrected chi connectivity index (χ2v) is 4.59. The van der Waals surface area contributed by atoms with Crippen LogP contribution in [-0.2, 0) is 5.75 Å². The fraction of sp³-hybridized carbons (Fsp3) is 0.167. The fourth-order valence-electron chi connectivity index (χ4n) is 1.56. The van der Waals surface area contributed by atoms with Crippen molar-refractivity contribution in [2.45, 2.75) is 11.8 Å². The number of fused-ring (bicyclic) bond motifs is 1. The summed E-state index contributed by atoms with van der Waals surface area (Å²) in [6, 6.07) is 10.2. The number of amidine groups is 2. The average Bonchev–Trinajstić information content (AvgIpc) is 2.85. The topological polar surface area (TPSA) is 49.4 Å². The molecule has 2 heterocycles. The first-order valence-corrected chi connectivity index (χ1v) is 6.29. The monoisotopic (exact) mass is 242 g/mol. The molecular weight excluding hydrogens is 232 g/mol. The lowest BCUT2D eigenvalue weighted by Crippen LogP contribution is -2.20. The summed E-state index contributed by atoms with van der Waals surface area (Å²) < 4.78 is 0. The Hall–Kier alpha value is -1.75. The van der Waals surface area contributed by atoms with E-state index >= 15 is 0 Å². The van der Waals surface area contributed by atoms with Gasteiger partial charge in [-0.3, -0.25) is 4.99 Å². The minimum Gasteiger partial charge on any atom is -0.256 e. The lowest BCUT2D eigenvalue weighted by molar-refractivity contribution is 1.17. The number of thioether (sulfide) groups is 1. The molecule has 0 bridgehead atoms. The van der Waals surface area contributed by atoms with Crippen LogP contribution in [-0.4, -0.2) is 29.6 Å². The number of benzene rings is 1. The van der Waals surface area contributed by atoms with Crippen LogP contribution in [0.3, 0.4) is 0 Å². The zero-order valence-corrected chi connectivity index (χ0v) is 9.84. The van der Waals surface area contributed by atoms with Crippen molar-refractivity contribution in [1.82, 2.24) is 0 Å². The third-order valence-electron chi connectivity index (χ3n) is 2.43. The molecular formula is C12H10N4S. The van der Waals surface area contributed by atoms with Crippen molar-refractivity contribution in [3.8, 4) is 0 Å². The van der Waals surface area contributed by atoms with Crippen molar-refractivity contribution >= 4 is 35.3 Å². The van der Waals surface area contributed by atoms with Gasteiger partial charge < -0.3 is 0 Å². The van der Waals surface area contributed by atoms with Crippen molar-refractivity contribution < 1.29 is 0 Å². The maximum atomic E-state index is 4.37. The Kier molecular flexibility index (Phi) is 2.83. The van der Waals surface area contributed by atoms with Crippen molar-refractivity contribution in [2.24, 2.45) is 20.0 Å².